The minimum Gasteiger partial charge on any atom is -0.393 e. The predicted molar refractivity (Wildman–Crippen MR) is 68.7 cm³/mol. The molecule has 4 nitrogen and oxygen atoms in total. The molecule has 0 bridgehead atoms. The van der Waals surface area contributed by atoms with Crippen LogP contribution in [0.25, 0.3) is 0 Å². The Labute approximate surface area is 104 Å². The second-order valence-electron chi connectivity index (χ2n) is 5.35. The number of piperidine rings is 1. The summed E-state index contributed by atoms with van der Waals surface area (Å²) in [6.45, 7) is 6.63. The van der Waals surface area contributed by atoms with Gasteiger partial charge in [0.05, 0.1) is 6.10 Å². The maximum atomic E-state index is 11.6. The number of nitrogens with one attached hydrogen (secondary N) is 2. The molecule has 17 heavy (non-hydrogen) atoms. The number of hydrogen-bond donors (Lipinski definition) is 3. The highest BCUT2D eigenvalue weighted by Gasteiger charge is 2.16. The number of hydrogen-bond acceptors (Lipinski definition) is 3. The van der Waals surface area contributed by atoms with E-state index >= 15 is 0 Å². The Hall–Kier alpha value is -0.610. The maximum Gasteiger partial charge on any atom is 0.220 e. The number of carbonyl (C=O) groups is 1. The molecule has 1 rings (SSSR count). The van der Waals surface area contributed by atoms with Crippen LogP contribution >= 0.6 is 0 Å². The molecule has 0 spiro atoms. The fraction of sp³-hybridized carbons (Fsp3) is 0.923. The third-order valence-corrected chi connectivity index (χ3v) is 3.46. The largest absolute Gasteiger partial charge is 0.393 e. The first-order valence-electron chi connectivity index (χ1n) is 6.75. The average molecular weight is 242 g/mol. The number of aliphatic hydroxyl groups excluding tert-OH is 1. The Bertz CT molecular complexity index is 225. The molecule has 1 unspecified atom stereocenters. The maximum absolute atomic E-state index is 11.6. The zero-order chi connectivity index (χ0) is 12.7. The van der Waals surface area contributed by atoms with Gasteiger partial charge < -0.3 is 15.7 Å². The SMILES string of the molecule is CC(C)C(O)CCNC(=O)CC1CCNCC1. The van der Waals surface area contributed by atoms with Crippen molar-refractivity contribution < 1.29 is 9.90 Å². The van der Waals surface area contributed by atoms with Gasteiger partial charge >= 0.3 is 0 Å². The third-order valence-electron chi connectivity index (χ3n) is 3.46. The van der Waals surface area contributed by atoms with E-state index in [4.69, 9.17) is 0 Å². The van der Waals surface area contributed by atoms with Gasteiger partial charge in [-0.25, -0.2) is 0 Å². The lowest BCUT2D eigenvalue weighted by Crippen LogP contribution is -2.33. The molecule has 0 radical (unpaired) electrons. The lowest BCUT2D eigenvalue weighted by atomic mass is 9.94. The van der Waals surface area contributed by atoms with Crippen LogP contribution in [0.15, 0.2) is 0 Å². The monoisotopic (exact) mass is 242 g/mol. The van der Waals surface area contributed by atoms with E-state index in [0.717, 1.165) is 25.9 Å². The highest BCUT2D eigenvalue weighted by atomic mass is 16.3. The fourth-order valence-corrected chi connectivity index (χ4v) is 2.11. The van der Waals surface area contributed by atoms with Gasteiger partial charge in [0.25, 0.3) is 0 Å². The Morgan fingerprint density at radius 1 is 1.41 bits per heavy atom. The van der Waals surface area contributed by atoms with Gasteiger partial charge in [-0.05, 0) is 44.2 Å². The molecular weight excluding hydrogens is 216 g/mol. The molecular formula is C13H26N2O2. The lowest BCUT2D eigenvalue weighted by Gasteiger charge is -2.22. The van der Waals surface area contributed by atoms with Crippen molar-refractivity contribution in [1.82, 2.24) is 10.6 Å². The Morgan fingerprint density at radius 2 is 2.06 bits per heavy atom. The zero-order valence-corrected chi connectivity index (χ0v) is 11.0. The zero-order valence-electron chi connectivity index (χ0n) is 11.0. The summed E-state index contributed by atoms with van der Waals surface area (Å²) in [4.78, 5) is 11.6. The summed E-state index contributed by atoms with van der Waals surface area (Å²) in [6, 6.07) is 0. The van der Waals surface area contributed by atoms with E-state index in [1.165, 1.54) is 0 Å². The minimum absolute atomic E-state index is 0.132. The van der Waals surface area contributed by atoms with Gasteiger partial charge in [-0.3, -0.25) is 4.79 Å². The first kappa shape index (κ1) is 14.5. The van der Waals surface area contributed by atoms with E-state index in [0.29, 0.717) is 25.3 Å². The summed E-state index contributed by atoms with van der Waals surface area (Å²) < 4.78 is 0. The van der Waals surface area contributed by atoms with Crippen LogP contribution in [0.2, 0.25) is 0 Å². The van der Waals surface area contributed by atoms with Crippen molar-refractivity contribution in [3.63, 3.8) is 0 Å². The molecule has 0 aromatic carbocycles. The van der Waals surface area contributed by atoms with E-state index in [1.807, 2.05) is 13.8 Å². The molecule has 100 valence electrons. The number of carbonyl (C=O) groups excluding carboxylic acids is 1. The molecule has 0 aromatic rings. The van der Waals surface area contributed by atoms with Crippen LogP contribution in [0.3, 0.4) is 0 Å². The van der Waals surface area contributed by atoms with Gasteiger partial charge in [-0.1, -0.05) is 13.8 Å². The second-order valence-corrected chi connectivity index (χ2v) is 5.35. The lowest BCUT2D eigenvalue weighted by molar-refractivity contribution is -0.122. The van der Waals surface area contributed by atoms with Crippen molar-refractivity contribution in [1.29, 1.82) is 0 Å². The molecule has 0 saturated carbocycles. The summed E-state index contributed by atoms with van der Waals surface area (Å²) in [5.41, 5.74) is 0. The van der Waals surface area contributed by atoms with Gasteiger partial charge in [0.1, 0.15) is 0 Å². The summed E-state index contributed by atoms with van der Waals surface area (Å²) in [7, 11) is 0. The molecule has 3 N–H and O–H groups in total. The van der Waals surface area contributed by atoms with Gasteiger partial charge in [-0.2, -0.15) is 0 Å². The van der Waals surface area contributed by atoms with Crippen molar-refractivity contribution >= 4 is 5.91 Å². The first-order valence-corrected chi connectivity index (χ1v) is 6.75. The molecule has 1 heterocycles. The van der Waals surface area contributed by atoms with E-state index in [9.17, 15) is 9.90 Å². The Kier molecular flexibility index (Phi) is 6.52. The van der Waals surface area contributed by atoms with Gasteiger partial charge in [0.15, 0.2) is 0 Å². The van der Waals surface area contributed by atoms with Crippen LogP contribution in [0.5, 0.6) is 0 Å². The standard InChI is InChI=1S/C13H26N2O2/c1-10(2)12(16)5-8-15-13(17)9-11-3-6-14-7-4-11/h10-12,14,16H,3-9H2,1-2H3,(H,15,17). The Balaban J connectivity index is 2.08. The fourth-order valence-electron chi connectivity index (χ4n) is 2.11. The number of amides is 1. The summed E-state index contributed by atoms with van der Waals surface area (Å²) >= 11 is 0. The van der Waals surface area contributed by atoms with Crippen molar-refractivity contribution in [2.75, 3.05) is 19.6 Å². The highest BCUT2D eigenvalue weighted by Crippen LogP contribution is 2.15. The predicted octanol–water partition coefficient (Wildman–Crippen LogP) is 0.899. The molecule has 4 heteroatoms. The number of aliphatic hydroxyl groups is 1. The molecule has 1 aliphatic rings. The molecule has 0 aliphatic carbocycles. The van der Waals surface area contributed by atoms with Crippen molar-refractivity contribution in [3.05, 3.63) is 0 Å². The van der Waals surface area contributed by atoms with Crippen LogP contribution in [-0.4, -0.2) is 36.8 Å². The number of rotatable bonds is 6. The topological polar surface area (TPSA) is 61.4 Å². The summed E-state index contributed by atoms with van der Waals surface area (Å²) in [6.07, 6.45) is 3.17. The van der Waals surface area contributed by atoms with E-state index in [-0.39, 0.29) is 17.9 Å². The average Bonchev–Trinajstić information content (AvgIpc) is 2.30. The smallest absolute Gasteiger partial charge is 0.220 e. The third kappa shape index (κ3) is 6.03. The van der Waals surface area contributed by atoms with Crippen LogP contribution in [0.4, 0.5) is 0 Å². The first-order chi connectivity index (χ1) is 8.09. The normalized spacial score (nSPS) is 19.3. The molecule has 1 amide bonds. The van der Waals surface area contributed by atoms with E-state index < -0.39 is 0 Å². The van der Waals surface area contributed by atoms with E-state index in [1.54, 1.807) is 0 Å². The highest BCUT2D eigenvalue weighted by molar-refractivity contribution is 5.76. The summed E-state index contributed by atoms with van der Waals surface area (Å²) in [5, 5.41) is 15.8. The van der Waals surface area contributed by atoms with Gasteiger partial charge in [0.2, 0.25) is 5.91 Å². The quantitative estimate of drug-likeness (QED) is 0.648. The van der Waals surface area contributed by atoms with Crippen LogP contribution in [0, 0.1) is 11.8 Å². The van der Waals surface area contributed by atoms with Crippen molar-refractivity contribution in [2.24, 2.45) is 11.8 Å². The molecule has 1 atom stereocenters. The van der Waals surface area contributed by atoms with Crippen LogP contribution < -0.4 is 10.6 Å². The van der Waals surface area contributed by atoms with Crippen molar-refractivity contribution in [3.8, 4) is 0 Å². The molecule has 1 saturated heterocycles. The van der Waals surface area contributed by atoms with Gasteiger partial charge in [-0.15, -0.1) is 0 Å². The van der Waals surface area contributed by atoms with Gasteiger partial charge in [0, 0.05) is 13.0 Å². The summed E-state index contributed by atoms with van der Waals surface area (Å²) in [5.74, 6) is 0.926. The molecule has 0 aromatic heterocycles. The second kappa shape index (κ2) is 7.67. The molecule has 1 aliphatic heterocycles. The molecule has 1 fully saturated rings. The Morgan fingerprint density at radius 3 is 2.65 bits per heavy atom. The van der Waals surface area contributed by atoms with E-state index in [2.05, 4.69) is 10.6 Å². The van der Waals surface area contributed by atoms with Crippen LogP contribution in [-0.2, 0) is 4.79 Å². The minimum atomic E-state index is -0.311. The van der Waals surface area contributed by atoms with Crippen LogP contribution in [0.1, 0.15) is 39.5 Å². The van der Waals surface area contributed by atoms with Crippen molar-refractivity contribution in [2.45, 2.75) is 45.6 Å².